The molecule has 0 unspecified atom stereocenters. The van der Waals surface area contributed by atoms with E-state index in [0.29, 0.717) is 22.9 Å². The first-order valence-electron chi connectivity index (χ1n) is 5.74. The molecule has 1 aromatic heterocycles. The van der Waals surface area contributed by atoms with Gasteiger partial charge in [-0.15, -0.1) is 0 Å². The molecular weight excluding hydrogens is 242 g/mol. The number of aryl methyl sites for hydroxylation is 1. The number of nitrogens with two attached hydrogens (primary N) is 1. The smallest absolute Gasteiger partial charge is 0.220 e. The van der Waals surface area contributed by atoms with Crippen molar-refractivity contribution in [1.29, 1.82) is 5.41 Å². The van der Waals surface area contributed by atoms with Gasteiger partial charge in [0, 0.05) is 17.3 Å². The first kappa shape index (κ1) is 12.9. The normalized spacial score (nSPS) is 10.0. The maximum absolute atomic E-state index is 7.46. The lowest BCUT2D eigenvalue weighted by Gasteiger charge is -2.10. The van der Waals surface area contributed by atoms with E-state index in [1.165, 1.54) is 0 Å². The first-order valence-corrected chi connectivity index (χ1v) is 5.74. The number of nitrogens with zero attached hydrogens (tertiary/aromatic N) is 1. The Labute approximate surface area is 111 Å². The Kier molecular flexibility index (Phi) is 3.66. The number of hydrogen-bond donors (Lipinski definition) is 2. The van der Waals surface area contributed by atoms with Crippen molar-refractivity contribution in [1.82, 2.24) is 4.98 Å². The molecule has 0 fully saturated rings. The van der Waals surface area contributed by atoms with Gasteiger partial charge in [-0.3, -0.25) is 5.41 Å². The summed E-state index contributed by atoms with van der Waals surface area (Å²) in [6.45, 7) is 1.82. The van der Waals surface area contributed by atoms with Crippen LogP contribution in [0.1, 0.15) is 11.3 Å². The van der Waals surface area contributed by atoms with E-state index in [4.69, 9.17) is 20.6 Å². The van der Waals surface area contributed by atoms with E-state index < -0.39 is 0 Å². The van der Waals surface area contributed by atoms with Crippen LogP contribution < -0.4 is 15.2 Å². The van der Waals surface area contributed by atoms with Gasteiger partial charge in [0.05, 0.1) is 7.11 Å². The molecule has 2 rings (SSSR count). The first-order chi connectivity index (χ1) is 9.10. The summed E-state index contributed by atoms with van der Waals surface area (Å²) in [7, 11) is 1.58. The van der Waals surface area contributed by atoms with Crippen molar-refractivity contribution in [2.75, 3.05) is 7.11 Å². The Hall–Kier alpha value is -2.56. The predicted octanol–water partition coefficient (Wildman–Crippen LogP) is 2.47. The molecule has 98 valence electrons. The van der Waals surface area contributed by atoms with Crippen LogP contribution in [0.4, 0.5) is 0 Å². The number of nitrogen functional groups attached to an aromatic ring is 1. The van der Waals surface area contributed by atoms with Crippen molar-refractivity contribution in [2.24, 2.45) is 5.73 Å². The second-order valence-electron chi connectivity index (χ2n) is 4.00. The average molecular weight is 257 g/mol. The minimum Gasteiger partial charge on any atom is -0.493 e. The average Bonchev–Trinajstić information content (AvgIpc) is 2.38. The van der Waals surface area contributed by atoms with Gasteiger partial charge in [0.25, 0.3) is 0 Å². The summed E-state index contributed by atoms with van der Waals surface area (Å²) < 4.78 is 10.9. The lowest BCUT2D eigenvalue weighted by molar-refractivity contribution is 0.374. The Bertz CT molecular complexity index is 611. The number of benzene rings is 1. The van der Waals surface area contributed by atoms with Crippen LogP contribution in [0.25, 0.3) is 0 Å². The van der Waals surface area contributed by atoms with Crippen molar-refractivity contribution < 1.29 is 9.47 Å². The van der Waals surface area contributed by atoms with E-state index in [0.717, 1.165) is 5.69 Å². The van der Waals surface area contributed by atoms with E-state index in [9.17, 15) is 0 Å². The van der Waals surface area contributed by atoms with Crippen molar-refractivity contribution in [3.8, 4) is 17.4 Å². The molecule has 2 aromatic rings. The number of rotatable bonds is 4. The zero-order valence-corrected chi connectivity index (χ0v) is 10.8. The van der Waals surface area contributed by atoms with Gasteiger partial charge in [-0.1, -0.05) is 12.1 Å². The van der Waals surface area contributed by atoms with Crippen LogP contribution in [-0.2, 0) is 0 Å². The molecule has 0 saturated heterocycles. The number of amidine groups is 1. The largest absolute Gasteiger partial charge is 0.493 e. The number of ether oxygens (including phenoxy) is 2. The van der Waals surface area contributed by atoms with Crippen LogP contribution >= 0.6 is 0 Å². The molecule has 1 heterocycles. The molecule has 0 amide bonds. The molecule has 5 nitrogen and oxygen atoms in total. The van der Waals surface area contributed by atoms with E-state index in [1.807, 2.05) is 19.1 Å². The molecule has 0 bridgehead atoms. The molecule has 19 heavy (non-hydrogen) atoms. The SMILES string of the molecule is COc1ccccc1Oc1cc(C(=N)N)cc(C)n1. The summed E-state index contributed by atoms with van der Waals surface area (Å²) in [6, 6.07) is 10.7. The number of pyridine rings is 1. The third-order valence-corrected chi connectivity index (χ3v) is 2.52. The molecule has 0 saturated carbocycles. The fraction of sp³-hybridized carbons (Fsp3) is 0.143. The third-order valence-electron chi connectivity index (χ3n) is 2.52. The number of nitrogens with one attached hydrogen (secondary N) is 1. The van der Waals surface area contributed by atoms with Crippen molar-refractivity contribution in [3.05, 3.63) is 47.7 Å². The lowest BCUT2D eigenvalue weighted by Crippen LogP contribution is -2.11. The second-order valence-corrected chi connectivity index (χ2v) is 4.00. The Morgan fingerprint density at radius 1 is 1.21 bits per heavy atom. The van der Waals surface area contributed by atoms with Gasteiger partial charge in [0.2, 0.25) is 5.88 Å². The van der Waals surface area contributed by atoms with E-state index >= 15 is 0 Å². The van der Waals surface area contributed by atoms with Crippen LogP contribution in [0.5, 0.6) is 17.4 Å². The third kappa shape index (κ3) is 3.01. The molecule has 0 aliphatic carbocycles. The van der Waals surface area contributed by atoms with Crippen LogP contribution in [0.3, 0.4) is 0 Å². The molecule has 1 aromatic carbocycles. The topological polar surface area (TPSA) is 81.2 Å². The summed E-state index contributed by atoms with van der Waals surface area (Å²) in [5.74, 6) is 1.55. The minimum atomic E-state index is -0.0182. The van der Waals surface area contributed by atoms with Gasteiger partial charge >= 0.3 is 0 Å². The molecule has 3 N–H and O–H groups in total. The molecule has 5 heteroatoms. The van der Waals surface area contributed by atoms with Gasteiger partial charge in [0.15, 0.2) is 11.5 Å². The van der Waals surface area contributed by atoms with E-state index in [-0.39, 0.29) is 5.84 Å². The summed E-state index contributed by atoms with van der Waals surface area (Å²) in [4.78, 5) is 4.26. The summed E-state index contributed by atoms with van der Waals surface area (Å²) in [5.41, 5.74) is 6.79. The summed E-state index contributed by atoms with van der Waals surface area (Å²) in [6.07, 6.45) is 0. The van der Waals surface area contributed by atoms with E-state index in [2.05, 4.69) is 4.98 Å². The molecule has 0 atom stereocenters. The quantitative estimate of drug-likeness (QED) is 0.651. The number of methoxy groups -OCH3 is 1. The highest BCUT2D eigenvalue weighted by molar-refractivity contribution is 5.95. The number of para-hydroxylation sites is 2. The number of aromatic nitrogens is 1. The predicted molar refractivity (Wildman–Crippen MR) is 73.1 cm³/mol. The van der Waals surface area contributed by atoms with Gasteiger partial charge in [-0.25, -0.2) is 4.98 Å². The van der Waals surface area contributed by atoms with Crippen LogP contribution in [0.15, 0.2) is 36.4 Å². The summed E-state index contributed by atoms with van der Waals surface area (Å²) >= 11 is 0. The fourth-order valence-electron chi connectivity index (χ4n) is 1.66. The highest BCUT2D eigenvalue weighted by atomic mass is 16.5. The second kappa shape index (κ2) is 5.39. The summed E-state index contributed by atoms with van der Waals surface area (Å²) in [5, 5.41) is 7.46. The van der Waals surface area contributed by atoms with Crippen molar-refractivity contribution in [2.45, 2.75) is 6.92 Å². The highest BCUT2D eigenvalue weighted by Gasteiger charge is 2.08. The number of hydrogen-bond acceptors (Lipinski definition) is 4. The van der Waals surface area contributed by atoms with Crippen molar-refractivity contribution >= 4 is 5.84 Å². The van der Waals surface area contributed by atoms with Crippen molar-refractivity contribution in [3.63, 3.8) is 0 Å². The maximum Gasteiger partial charge on any atom is 0.220 e. The standard InChI is InChI=1S/C14H15N3O2/c1-9-7-10(14(15)16)8-13(17-9)19-12-6-4-3-5-11(12)18-2/h3-8H,1-2H3,(H3,15,16). The van der Waals surface area contributed by atoms with Gasteiger partial charge in [-0.05, 0) is 25.1 Å². The lowest BCUT2D eigenvalue weighted by atomic mass is 10.2. The molecule has 0 aliphatic heterocycles. The Balaban J connectivity index is 2.35. The fourth-order valence-corrected chi connectivity index (χ4v) is 1.66. The minimum absolute atomic E-state index is 0.0182. The molecular formula is C14H15N3O2. The Morgan fingerprint density at radius 2 is 1.89 bits per heavy atom. The van der Waals surface area contributed by atoms with Gasteiger partial charge in [0.1, 0.15) is 5.84 Å². The molecule has 0 aliphatic rings. The maximum atomic E-state index is 7.46. The van der Waals surface area contributed by atoms with Crippen LogP contribution in [-0.4, -0.2) is 17.9 Å². The molecule has 0 spiro atoms. The molecule has 0 radical (unpaired) electrons. The van der Waals surface area contributed by atoms with Crippen LogP contribution in [0, 0.1) is 12.3 Å². The van der Waals surface area contributed by atoms with Gasteiger partial charge in [-0.2, -0.15) is 0 Å². The van der Waals surface area contributed by atoms with Gasteiger partial charge < -0.3 is 15.2 Å². The highest BCUT2D eigenvalue weighted by Crippen LogP contribution is 2.30. The monoisotopic (exact) mass is 257 g/mol. The Morgan fingerprint density at radius 3 is 2.53 bits per heavy atom. The van der Waals surface area contributed by atoms with E-state index in [1.54, 1.807) is 31.4 Å². The van der Waals surface area contributed by atoms with Crippen LogP contribution in [0.2, 0.25) is 0 Å². The zero-order valence-electron chi connectivity index (χ0n) is 10.8. The zero-order chi connectivity index (χ0) is 13.8.